The van der Waals surface area contributed by atoms with E-state index in [9.17, 15) is 10.1 Å². The van der Waals surface area contributed by atoms with Gasteiger partial charge in [0.2, 0.25) is 0 Å². The fourth-order valence-electron chi connectivity index (χ4n) is 3.25. The summed E-state index contributed by atoms with van der Waals surface area (Å²) < 4.78 is 0. The molecule has 1 rings (SSSR count). The second-order valence-electron chi connectivity index (χ2n) is 5.98. The Balaban J connectivity index is 3.43. The zero-order chi connectivity index (χ0) is 18.3. The van der Waals surface area contributed by atoms with Crippen molar-refractivity contribution in [3.63, 3.8) is 0 Å². The minimum Gasteiger partial charge on any atom is -0.401 e. The van der Waals surface area contributed by atoms with Gasteiger partial charge in [-0.3, -0.25) is 15.8 Å². The number of rotatable bonds is 10. The van der Waals surface area contributed by atoms with E-state index in [1.807, 2.05) is 0 Å². The van der Waals surface area contributed by atoms with E-state index in [0.717, 1.165) is 0 Å². The molecule has 0 fully saturated rings. The first-order valence-electron chi connectivity index (χ1n) is 8.10. The predicted octanol–water partition coefficient (Wildman–Crippen LogP) is -0.709. The van der Waals surface area contributed by atoms with E-state index < -0.39 is 16.5 Å². The molecule has 0 saturated heterocycles. The van der Waals surface area contributed by atoms with Crippen LogP contribution in [0.1, 0.15) is 38.5 Å². The molecule has 1 aliphatic rings. The van der Waals surface area contributed by atoms with Gasteiger partial charge in [-0.05, 0) is 44.1 Å². The lowest BCUT2D eigenvalue weighted by atomic mass is 9.72. The van der Waals surface area contributed by atoms with E-state index in [0.29, 0.717) is 31.3 Å². The second kappa shape index (κ2) is 8.97. The zero-order valence-electron chi connectivity index (χ0n) is 13.8. The molecule has 9 heteroatoms. The molecular weight excluding hydrogens is 316 g/mol. The van der Waals surface area contributed by atoms with Crippen molar-refractivity contribution in [2.24, 2.45) is 23.1 Å². The molecule has 0 aliphatic heterocycles. The molecule has 9 N–H and O–H groups in total. The van der Waals surface area contributed by atoms with Crippen LogP contribution in [-0.4, -0.2) is 45.7 Å². The molecule has 0 heterocycles. The van der Waals surface area contributed by atoms with Crippen LogP contribution in [0.25, 0.3) is 0 Å². The number of hydrogen-bond donors (Lipinski definition) is 6. The molecule has 0 amide bonds. The van der Waals surface area contributed by atoms with Crippen molar-refractivity contribution in [3.8, 4) is 0 Å². The molecule has 24 heavy (non-hydrogen) atoms. The number of aliphatic hydroxyl groups is 3. The summed E-state index contributed by atoms with van der Waals surface area (Å²) in [5.41, 5.74) is 17.8. The lowest BCUT2D eigenvalue weighted by Gasteiger charge is -2.38. The van der Waals surface area contributed by atoms with Gasteiger partial charge in [-0.15, -0.1) is 0 Å². The quantitative estimate of drug-likeness (QED) is 0.171. The van der Waals surface area contributed by atoms with Gasteiger partial charge in [-0.25, -0.2) is 0 Å². The Morgan fingerprint density at radius 1 is 1.04 bits per heavy atom. The van der Waals surface area contributed by atoms with E-state index in [1.54, 1.807) is 0 Å². The van der Waals surface area contributed by atoms with Crippen molar-refractivity contribution in [3.05, 3.63) is 32.7 Å². The van der Waals surface area contributed by atoms with Gasteiger partial charge in [-0.2, -0.15) is 0 Å². The number of aliphatic hydroxyl groups excluding tert-OH is 3. The molecule has 138 valence electrons. The van der Waals surface area contributed by atoms with Crippen LogP contribution in [0.4, 0.5) is 0 Å². The highest BCUT2D eigenvalue weighted by atomic mass is 16.6. The third-order valence-corrected chi connectivity index (χ3v) is 4.51. The number of nitrogens with zero attached hydrogens (tertiary/aromatic N) is 1. The summed E-state index contributed by atoms with van der Waals surface area (Å²) in [5.74, 6) is -0.797. The number of hydrogen-bond acceptors (Lipinski definition) is 8. The first kappa shape index (κ1) is 20.4. The Morgan fingerprint density at radius 3 is 2.08 bits per heavy atom. The molecule has 9 nitrogen and oxygen atoms in total. The van der Waals surface area contributed by atoms with Crippen LogP contribution in [0.15, 0.2) is 22.5 Å². The van der Waals surface area contributed by atoms with E-state index >= 15 is 0 Å². The molecule has 1 aliphatic carbocycles. The summed E-state index contributed by atoms with van der Waals surface area (Å²) in [6.07, 6.45) is 1.86. The van der Waals surface area contributed by atoms with E-state index in [1.165, 1.54) is 0 Å². The Morgan fingerprint density at radius 2 is 1.58 bits per heavy atom. The minimum absolute atomic E-state index is 0.0552. The molecular formula is C15H28N4O5. The summed E-state index contributed by atoms with van der Waals surface area (Å²) in [6, 6.07) is 0. The maximum Gasteiger partial charge on any atom is 0.304 e. The van der Waals surface area contributed by atoms with Gasteiger partial charge >= 0.3 is 5.66 Å². The van der Waals surface area contributed by atoms with E-state index in [4.69, 9.17) is 32.5 Å². The number of nitro groups is 1. The fourth-order valence-corrected chi connectivity index (χ4v) is 3.25. The van der Waals surface area contributed by atoms with Crippen LogP contribution in [0.3, 0.4) is 0 Å². The van der Waals surface area contributed by atoms with Gasteiger partial charge in [0.25, 0.3) is 0 Å². The van der Waals surface area contributed by atoms with Crippen molar-refractivity contribution in [1.29, 1.82) is 0 Å². The second-order valence-corrected chi connectivity index (χ2v) is 5.98. The van der Waals surface area contributed by atoms with Gasteiger partial charge in [0.1, 0.15) is 0 Å². The average Bonchev–Trinajstić information content (AvgIpc) is 2.54. The first-order chi connectivity index (χ1) is 11.4. The van der Waals surface area contributed by atoms with Crippen molar-refractivity contribution in [1.82, 2.24) is 0 Å². The highest BCUT2D eigenvalue weighted by molar-refractivity contribution is 5.46. The van der Waals surface area contributed by atoms with Crippen LogP contribution < -0.4 is 17.2 Å². The molecule has 0 aromatic carbocycles. The van der Waals surface area contributed by atoms with Crippen molar-refractivity contribution in [2.45, 2.75) is 44.2 Å². The minimum atomic E-state index is -1.96. The van der Waals surface area contributed by atoms with Crippen molar-refractivity contribution < 1.29 is 20.2 Å². The van der Waals surface area contributed by atoms with E-state index in [-0.39, 0.29) is 49.6 Å². The highest BCUT2D eigenvalue weighted by Gasteiger charge is 2.54. The standard InChI is InChI=1S/C15H28N4O5/c16-13-10(4-1-7-20)14(17)12(6-3-9-22)15(18,19(23)24)11(13)5-2-8-21/h11,20-22H,1-9,16-18H2. The van der Waals surface area contributed by atoms with Crippen LogP contribution in [0.2, 0.25) is 0 Å². The molecule has 0 saturated carbocycles. The highest BCUT2D eigenvalue weighted by Crippen LogP contribution is 2.42. The monoisotopic (exact) mass is 344 g/mol. The molecule has 0 aromatic heterocycles. The maximum atomic E-state index is 11.8. The third-order valence-electron chi connectivity index (χ3n) is 4.51. The van der Waals surface area contributed by atoms with Gasteiger partial charge < -0.3 is 26.8 Å². The summed E-state index contributed by atoms with van der Waals surface area (Å²) in [4.78, 5) is 11.2. The van der Waals surface area contributed by atoms with Crippen molar-refractivity contribution in [2.75, 3.05) is 19.8 Å². The molecule has 2 unspecified atom stereocenters. The first-order valence-corrected chi connectivity index (χ1v) is 8.10. The van der Waals surface area contributed by atoms with E-state index in [2.05, 4.69) is 0 Å². The van der Waals surface area contributed by atoms with Crippen LogP contribution in [0.5, 0.6) is 0 Å². The van der Waals surface area contributed by atoms with Gasteiger partial charge in [-0.1, -0.05) is 0 Å². The number of nitrogens with two attached hydrogens (primary N) is 3. The summed E-state index contributed by atoms with van der Waals surface area (Å²) in [6.45, 7) is -0.327. The van der Waals surface area contributed by atoms with Crippen LogP contribution >= 0.6 is 0 Å². The Labute approximate surface area is 141 Å². The molecule has 0 spiro atoms. The summed E-state index contributed by atoms with van der Waals surface area (Å²) >= 11 is 0. The molecule has 0 bridgehead atoms. The maximum absolute atomic E-state index is 11.8. The van der Waals surface area contributed by atoms with Gasteiger partial charge in [0, 0.05) is 41.7 Å². The normalized spacial score (nSPS) is 24.6. The average molecular weight is 344 g/mol. The Bertz CT molecular complexity index is 520. The molecule has 2 atom stereocenters. The fraction of sp³-hybridized carbons (Fsp3) is 0.733. The smallest absolute Gasteiger partial charge is 0.304 e. The zero-order valence-corrected chi connectivity index (χ0v) is 13.8. The lowest BCUT2D eigenvalue weighted by molar-refractivity contribution is -0.567. The Kier molecular flexibility index (Phi) is 7.61. The number of allylic oxidation sites excluding steroid dienone is 1. The lowest BCUT2D eigenvalue weighted by Crippen LogP contribution is -2.59. The third kappa shape index (κ3) is 3.86. The van der Waals surface area contributed by atoms with Crippen molar-refractivity contribution >= 4 is 0 Å². The SMILES string of the molecule is NC1=C(CCCO)C(N)([N+](=O)[O-])C(CCCO)C(N)=C1CCCO. The molecule has 0 radical (unpaired) electrons. The molecule has 0 aromatic rings. The van der Waals surface area contributed by atoms with Crippen LogP contribution in [0, 0.1) is 16.0 Å². The predicted molar refractivity (Wildman–Crippen MR) is 88.8 cm³/mol. The summed E-state index contributed by atoms with van der Waals surface area (Å²) in [7, 11) is 0. The van der Waals surface area contributed by atoms with Gasteiger partial charge in [0.15, 0.2) is 0 Å². The Hall–Kier alpha value is -1.68. The largest absolute Gasteiger partial charge is 0.401 e. The van der Waals surface area contributed by atoms with Crippen LogP contribution in [-0.2, 0) is 0 Å². The topological polar surface area (TPSA) is 182 Å². The summed E-state index contributed by atoms with van der Waals surface area (Å²) in [5, 5.41) is 39.0. The van der Waals surface area contributed by atoms with Gasteiger partial charge in [0.05, 0.1) is 5.92 Å².